The predicted molar refractivity (Wildman–Crippen MR) is 82.8 cm³/mol. The molecule has 2 aromatic heterocycles. The van der Waals surface area contributed by atoms with Gasteiger partial charge in [-0.25, -0.2) is 4.98 Å². The Hall–Kier alpha value is -1.98. The van der Waals surface area contributed by atoms with Crippen LogP contribution in [-0.4, -0.2) is 20.9 Å². The summed E-state index contributed by atoms with van der Waals surface area (Å²) in [6.45, 7) is 1.85. The molecule has 1 unspecified atom stereocenters. The molecule has 7 heteroatoms. The minimum Gasteiger partial charge on any atom is -0.341 e. The second-order valence-corrected chi connectivity index (χ2v) is 5.46. The Kier molecular flexibility index (Phi) is 3.61. The smallest absolute Gasteiger partial charge is 0.268 e. The maximum Gasteiger partial charge on any atom is 0.268 e. The molecule has 108 valence electrons. The normalized spacial score (nSPS) is 12.5. The Labute approximate surface area is 130 Å². The Balaban J connectivity index is 1.79. The quantitative estimate of drug-likeness (QED) is 0.688. The van der Waals surface area contributed by atoms with Gasteiger partial charge in [0, 0.05) is 0 Å². The number of hydrogen-bond donors (Lipinski definition) is 3. The van der Waals surface area contributed by atoms with E-state index in [1.54, 1.807) is 0 Å². The molecule has 3 N–H and O–H groups in total. The van der Waals surface area contributed by atoms with E-state index in [-0.39, 0.29) is 17.1 Å². The highest BCUT2D eigenvalue weighted by molar-refractivity contribution is 6.41. The first-order chi connectivity index (χ1) is 10.0. The number of nitrogens with zero attached hydrogens (tertiary/aromatic N) is 1. The van der Waals surface area contributed by atoms with E-state index in [4.69, 9.17) is 23.2 Å². The van der Waals surface area contributed by atoms with Crippen molar-refractivity contribution < 1.29 is 4.79 Å². The molecular weight excluding hydrogens is 311 g/mol. The number of nitrogens with one attached hydrogen (secondary N) is 3. The average molecular weight is 323 g/mol. The summed E-state index contributed by atoms with van der Waals surface area (Å²) in [5, 5.41) is 3.40. The molecule has 0 saturated carbocycles. The summed E-state index contributed by atoms with van der Waals surface area (Å²) in [5.41, 5.74) is 2.10. The number of para-hydroxylation sites is 2. The highest BCUT2D eigenvalue weighted by Gasteiger charge is 2.17. The van der Waals surface area contributed by atoms with Crippen LogP contribution < -0.4 is 5.32 Å². The van der Waals surface area contributed by atoms with Gasteiger partial charge in [0.15, 0.2) is 0 Å². The van der Waals surface area contributed by atoms with Gasteiger partial charge < -0.3 is 15.3 Å². The van der Waals surface area contributed by atoms with Gasteiger partial charge in [-0.3, -0.25) is 4.79 Å². The number of halogens is 2. The summed E-state index contributed by atoms with van der Waals surface area (Å²) in [5.74, 6) is 0.394. The van der Waals surface area contributed by atoms with Crippen molar-refractivity contribution in [1.82, 2.24) is 20.3 Å². The molecule has 0 aliphatic rings. The molecule has 0 radical (unpaired) electrons. The lowest BCUT2D eigenvalue weighted by atomic mass is 10.3. The number of benzene rings is 1. The zero-order valence-corrected chi connectivity index (χ0v) is 12.6. The number of carbonyl (C=O) groups excluding carboxylic acids is 1. The van der Waals surface area contributed by atoms with Crippen molar-refractivity contribution in [3.63, 3.8) is 0 Å². The number of fused-ring (bicyclic) bond motifs is 1. The first-order valence-electron chi connectivity index (χ1n) is 6.34. The van der Waals surface area contributed by atoms with Crippen molar-refractivity contribution in [2.75, 3.05) is 0 Å². The Morgan fingerprint density at radius 3 is 2.71 bits per heavy atom. The molecule has 0 spiro atoms. The molecular formula is C14H12Cl2N4O. The number of hydrogen-bond acceptors (Lipinski definition) is 2. The van der Waals surface area contributed by atoms with Gasteiger partial charge in [0.1, 0.15) is 16.7 Å². The SMILES string of the molecule is CC(NC(=O)c1cc(Cl)c(Cl)[nH]1)c1nc2ccccc2[nH]1. The molecule has 0 saturated heterocycles. The molecule has 3 aromatic rings. The fourth-order valence-electron chi connectivity index (χ4n) is 2.05. The summed E-state index contributed by atoms with van der Waals surface area (Å²) in [7, 11) is 0. The summed E-state index contributed by atoms with van der Waals surface area (Å²) < 4.78 is 0. The average Bonchev–Trinajstić information content (AvgIpc) is 3.03. The summed E-state index contributed by atoms with van der Waals surface area (Å²) in [6, 6.07) is 8.91. The third-order valence-electron chi connectivity index (χ3n) is 3.14. The van der Waals surface area contributed by atoms with Crippen LogP contribution in [0.15, 0.2) is 30.3 Å². The minimum atomic E-state index is -0.295. The molecule has 0 aliphatic heterocycles. The maximum absolute atomic E-state index is 12.1. The molecule has 1 amide bonds. The minimum absolute atomic E-state index is 0.248. The number of amides is 1. The van der Waals surface area contributed by atoms with Gasteiger partial charge in [0.2, 0.25) is 0 Å². The maximum atomic E-state index is 12.1. The van der Waals surface area contributed by atoms with Gasteiger partial charge in [0.05, 0.1) is 22.1 Å². The van der Waals surface area contributed by atoms with Crippen molar-refractivity contribution in [2.45, 2.75) is 13.0 Å². The van der Waals surface area contributed by atoms with E-state index in [0.717, 1.165) is 11.0 Å². The third kappa shape index (κ3) is 2.75. The standard InChI is InChI=1S/C14H12Cl2N4O/c1-7(13-19-9-4-2-3-5-10(9)20-13)17-14(21)11-6-8(15)12(16)18-11/h2-7,18H,1H3,(H,17,21)(H,19,20). The van der Waals surface area contributed by atoms with Crippen LogP contribution in [0.5, 0.6) is 0 Å². The van der Waals surface area contributed by atoms with Crippen molar-refractivity contribution in [2.24, 2.45) is 0 Å². The van der Waals surface area contributed by atoms with E-state index in [9.17, 15) is 4.79 Å². The second kappa shape index (κ2) is 5.42. The van der Waals surface area contributed by atoms with Crippen molar-refractivity contribution in [3.8, 4) is 0 Å². The molecule has 1 atom stereocenters. The number of aromatic amines is 2. The number of imidazole rings is 1. The molecule has 5 nitrogen and oxygen atoms in total. The largest absolute Gasteiger partial charge is 0.341 e. The lowest BCUT2D eigenvalue weighted by molar-refractivity contribution is 0.0934. The fourth-order valence-corrected chi connectivity index (χ4v) is 2.36. The van der Waals surface area contributed by atoms with Crippen molar-refractivity contribution in [3.05, 3.63) is 52.0 Å². The van der Waals surface area contributed by atoms with Crippen LogP contribution in [0.2, 0.25) is 10.2 Å². The van der Waals surface area contributed by atoms with E-state index in [1.165, 1.54) is 6.07 Å². The van der Waals surface area contributed by atoms with Gasteiger partial charge in [-0.15, -0.1) is 0 Å². The highest BCUT2D eigenvalue weighted by Crippen LogP contribution is 2.22. The summed E-state index contributed by atoms with van der Waals surface area (Å²) in [4.78, 5) is 22.5. The van der Waals surface area contributed by atoms with Crippen molar-refractivity contribution >= 4 is 40.1 Å². The van der Waals surface area contributed by atoms with Gasteiger partial charge in [0.25, 0.3) is 5.91 Å². The number of rotatable bonds is 3. The van der Waals surface area contributed by atoms with E-state index < -0.39 is 0 Å². The lowest BCUT2D eigenvalue weighted by Gasteiger charge is -2.10. The summed E-state index contributed by atoms with van der Waals surface area (Å²) >= 11 is 11.6. The Morgan fingerprint density at radius 1 is 1.29 bits per heavy atom. The molecule has 0 fully saturated rings. The van der Waals surface area contributed by atoms with Gasteiger partial charge in [-0.2, -0.15) is 0 Å². The predicted octanol–water partition coefficient (Wildman–Crippen LogP) is 3.69. The van der Waals surface area contributed by atoms with Crippen LogP contribution in [0.1, 0.15) is 29.3 Å². The highest BCUT2D eigenvalue weighted by atomic mass is 35.5. The number of carbonyl (C=O) groups is 1. The first-order valence-corrected chi connectivity index (χ1v) is 7.09. The molecule has 0 bridgehead atoms. The van der Waals surface area contributed by atoms with E-state index in [0.29, 0.717) is 16.5 Å². The Morgan fingerprint density at radius 2 is 2.05 bits per heavy atom. The van der Waals surface area contributed by atoms with E-state index >= 15 is 0 Å². The zero-order chi connectivity index (χ0) is 15.0. The van der Waals surface area contributed by atoms with E-state index in [1.807, 2.05) is 31.2 Å². The van der Waals surface area contributed by atoms with Gasteiger partial charge in [-0.1, -0.05) is 35.3 Å². The molecule has 0 aliphatic carbocycles. The van der Waals surface area contributed by atoms with Crippen molar-refractivity contribution in [1.29, 1.82) is 0 Å². The van der Waals surface area contributed by atoms with Crippen LogP contribution >= 0.6 is 23.2 Å². The van der Waals surface area contributed by atoms with Crippen LogP contribution in [0.3, 0.4) is 0 Å². The Bertz CT molecular complexity index is 756. The lowest BCUT2D eigenvalue weighted by Crippen LogP contribution is -2.27. The van der Waals surface area contributed by atoms with Gasteiger partial charge in [-0.05, 0) is 25.1 Å². The molecule has 1 aromatic carbocycles. The fraction of sp³-hybridized carbons (Fsp3) is 0.143. The topological polar surface area (TPSA) is 73.6 Å². The first kappa shape index (κ1) is 14.0. The number of aromatic nitrogens is 3. The monoisotopic (exact) mass is 322 g/mol. The molecule has 21 heavy (non-hydrogen) atoms. The second-order valence-electron chi connectivity index (χ2n) is 4.68. The van der Waals surface area contributed by atoms with Crippen LogP contribution in [0.25, 0.3) is 11.0 Å². The molecule has 3 rings (SSSR count). The van der Waals surface area contributed by atoms with Crippen LogP contribution in [0.4, 0.5) is 0 Å². The summed E-state index contributed by atoms with van der Waals surface area (Å²) in [6.07, 6.45) is 0. The zero-order valence-electron chi connectivity index (χ0n) is 11.1. The van der Waals surface area contributed by atoms with Gasteiger partial charge >= 0.3 is 0 Å². The van der Waals surface area contributed by atoms with Crippen LogP contribution in [-0.2, 0) is 0 Å². The van der Waals surface area contributed by atoms with Crippen LogP contribution in [0, 0.1) is 0 Å². The molecule has 2 heterocycles. The van der Waals surface area contributed by atoms with E-state index in [2.05, 4.69) is 20.3 Å². The third-order valence-corrected chi connectivity index (χ3v) is 3.83. The number of H-pyrrole nitrogens is 2.